The quantitative estimate of drug-likeness (QED) is 0.576. The van der Waals surface area contributed by atoms with E-state index in [2.05, 4.69) is 27.3 Å². The van der Waals surface area contributed by atoms with Crippen LogP contribution in [0.2, 0.25) is 0 Å². The lowest BCUT2D eigenvalue weighted by Gasteiger charge is -2.34. The molecule has 1 aromatic carbocycles. The van der Waals surface area contributed by atoms with Crippen LogP contribution in [0.15, 0.2) is 27.6 Å². The highest BCUT2D eigenvalue weighted by molar-refractivity contribution is 9.10. The van der Waals surface area contributed by atoms with Gasteiger partial charge in [0.05, 0.1) is 24.3 Å². The topological polar surface area (TPSA) is 103 Å². The van der Waals surface area contributed by atoms with Crippen LogP contribution >= 0.6 is 15.9 Å². The third-order valence-electron chi connectivity index (χ3n) is 5.68. The molecule has 30 heavy (non-hydrogen) atoms. The minimum Gasteiger partial charge on any atom is -0.383 e. The van der Waals surface area contributed by atoms with E-state index in [4.69, 9.17) is 10.00 Å². The number of ether oxygens (including phenoxy) is 1. The van der Waals surface area contributed by atoms with E-state index < -0.39 is 10.0 Å². The van der Waals surface area contributed by atoms with Gasteiger partial charge in [-0.25, -0.2) is 8.42 Å². The third-order valence-corrected chi connectivity index (χ3v) is 8.09. The lowest BCUT2D eigenvalue weighted by atomic mass is 9.95. The maximum absolute atomic E-state index is 13.3. The molecule has 0 radical (unpaired) electrons. The van der Waals surface area contributed by atoms with Crippen LogP contribution in [0.4, 0.5) is 5.69 Å². The molecule has 1 unspecified atom stereocenters. The Morgan fingerprint density at radius 1 is 1.30 bits per heavy atom. The maximum atomic E-state index is 13.3. The zero-order valence-electron chi connectivity index (χ0n) is 17.0. The first kappa shape index (κ1) is 23.0. The number of carbonyl (C=O) groups is 1. The van der Waals surface area contributed by atoms with Crippen LogP contribution in [-0.2, 0) is 19.6 Å². The van der Waals surface area contributed by atoms with Gasteiger partial charge >= 0.3 is 0 Å². The van der Waals surface area contributed by atoms with Crippen molar-refractivity contribution in [2.24, 2.45) is 11.8 Å². The number of methoxy groups -OCH3 is 1. The summed E-state index contributed by atoms with van der Waals surface area (Å²) in [6.45, 7) is 2.76. The van der Waals surface area contributed by atoms with Crippen molar-refractivity contribution in [1.29, 1.82) is 5.26 Å². The summed E-state index contributed by atoms with van der Waals surface area (Å²) in [6, 6.07) is 7.34. The maximum Gasteiger partial charge on any atom is 0.245 e. The van der Waals surface area contributed by atoms with Crippen molar-refractivity contribution in [2.45, 2.75) is 24.2 Å². The van der Waals surface area contributed by atoms with Crippen molar-refractivity contribution in [1.82, 2.24) is 9.62 Å². The molecule has 1 amide bonds. The van der Waals surface area contributed by atoms with E-state index in [1.165, 1.54) is 4.31 Å². The van der Waals surface area contributed by atoms with Crippen molar-refractivity contribution >= 4 is 37.5 Å². The lowest BCUT2D eigenvalue weighted by molar-refractivity contribution is -0.125. The number of hydrogen-bond acceptors (Lipinski definition) is 6. The molecule has 1 aromatic rings. The first-order chi connectivity index (χ1) is 14.4. The fraction of sp³-hybridized carbons (Fsp3) is 0.600. The number of nitriles is 1. The first-order valence-electron chi connectivity index (χ1n) is 10.1. The summed E-state index contributed by atoms with van der Waals surface area (Å²) >= 11 is 3.45. The van der Waals surface area contributed by atoms with Crippen molar-refractivity contribution in [3.05, 3.63) is 22.7 Å². The third kappa shape index (κ3) is 5.14. The summed E-state index contributed by atoms with van der Waals surface area (Å²) in [6.07, 6.45) is 1.88. The zero-order chi connectivity index (χ0) is 21.7. The summed E-state index contributed by atoms with van der Waals surface area (Å²) in [7, 11) is -2.10. The predicted molar refractivity (Wildman–Crippen MR) is 116 cm³/mol. The Hall–Kier alpha value is -1.67. The number of amides is 1. The van der Waals surface area contributed by atoms with Gasteiger partial charge in [0.25, 0.3) is 0 Å². The molecule has 3 rings (SSSR count). The summed E-state index contributed by atoms with van der Waals surface area (Å²) in [5.41, 5.74) is 0.642. The molecular formula is C20H27BrN4O4S. The number of halogens is 1. The van der Waals surface area contributed by atoms with E-state index in [9.17, 15) is 13.2 Å². The summed E-state index contributed by atoms with van der Waals surface area (Å²) in [4.78, 5) is 14.6. The number of hydrogen-bond donors (Lipinski definition) is 1. The number of nitrogens with one attached hydrogen (secondary N) is 1. The van der Waals surface area contributed by atoms with Crippen molar-refractivity contribution in [2.75, 3.05) is 51.3 Å². The molecule has 2 aliphatic rings. The molecule has 1 N–H and O–H groups in total. The van der Waals surface area contributed by atoms with Crippen molar-refractivity contribution in [3.8, 4) is 6.07 Å². The average Bonchev–Trinajstić information content (AvgIpc) is 3.24. The Morgan fingerprint density at radius 3 is 2.67 bits per heavy atom. The average molecular weight is 499 g/mol. The fourth-order valence-corrected chi connectivity index (χ4v) is 5.99. The van der Waals surface area contributed by atoms with Gasteiger partial charge < -0.3 is 15.0 Å². The second-order valence-electron chi connectivity index (χ2n) is 7.63. The first-order valence-corrected chi connectivity index (χ1v) is 12.3. The van der Waals surface area contributed by atoms with E-state index in [1.54, 1.807) is 19.2 Å². The van der Waals surface area contributed by atoms with Gasteiger partial charge in [-0.15, -0.1) is 0 Å². The molecule has 2 aliphatic heterocycles. The van der Waals surface area contributed by atoms with Gasteiger partial charge in [0.1, 0.15) is 4.90 Å². The number of sulfonamides is 1. The predicted octanol–water partition coefficient (Wildman–Crippen LogP) is 1.96. The fourth-order valence-electron chi connectivity index (χ4n) is 3.95. The smallest absolute Gasteiger partial charge is 0.245 e. The number of rotatable bonds is 7. The number of nitrogens with zero attached hydrogens (tertiary/aromatic N) is 3. The summed E-state index contributed by atoms with van der Waals surface area (Å²) < 4.78 is 33.7. The molecule has 0 aromatic heterocycles. The molecule has 0 spiro atoms. The highest BCUT2D eigenvalue weighted by atomic mass is 79.9. The normalized spacial score (nSPS) is 20.8. The molecule has 10 heteroatoms. The van der Waals surface area contributed by atoms with Gasteiger partial charge in [0.15, 0.2) is 0 Å². The van der Waals surface area contributed by atoms with Gasteiger partial charge in [-0.05, 0) is 37.5 Å². The molecule has 164 valence electrons. The van der Waals surface area contributed by atoms with E-state index in [1.807, 2.05) is 11.0 Å². The zero-order valence-corrected chi connectivity index (χ0v) is 19.4. The Kier molecular flexibility index (Phi) is 7.74. The van der Waals surface area contributed by atoms with Gasteiger partial charge in [-0.1, -0.05) is 15.9 Å². The van der Waals surface area contributed by atoms with Gasteiger partial charge in [0.2, 0.25) is 15.9 Å². The Morgan fingerprint density at radius 2 is 2.03 bits per heavy atom. The highest BCUT2D eigenvalue weighted by Gasteiger charge is 2.35. The largest absolute Gasteiger partial charge is 0.383 e. The number of benzene rings is 1. The minimum atomic E-state index is -3.70. The van der Waals surface area contributed by atoms with Gasteiger partial charge in [-0.3, -0.25) is 4.79 Å². The van der Waals surface area contributed by atoms with E-state index in [0.29, 0.717) is 57.7 Å². The van der Waals surface area contributed by atoms with Crippen LogP contribution in [0.1, 0.15) is 19.3 Å². The molecule has 0 bridgehead atoms. The van der Waals surface area contributed by atoms with Crippen LogP contribution in [0.5, 0.6) is 0 Å². The lowest BCUT2D eigenvalue weighted by Crippen LogP contribution is -2.42. The van der Waals surface area contributed by atoms with Crippen LogP contribution in [0.3, 0.4) is 0 Å². The second kappa shape index (κ2) is 10.1. The van der Waals surface area contributed by atoms with Crippen molar-refractivity contribution in [3.63, 3.8) is 0 Å². The molecule has 2 saturated heterocycles. The molecule has 8 nitrogen and oxygen atoms in total. The van der Waals surface area contributed by atoms with Crippen LogP contribution in [0.25, 0.3) is 0 Å². The number of carbonyl (C=O) groups excluding carboxylic acids is 1. The Balaban J connectivity index is 1.74. The Labute approximate surface area is 186 Å². The molecule has 0 aliphatic carbocycles. The van der Waals surface area contributed by atoms with Crippen LogP contribution in [-0.4, -0.2) is 65.1 Å². The number of anilines is 1. The number of piperidine rings is 1. The second-order valence-corrected chi connectivity index (χ2v) is 10.5. The standard InChI is InChI=1S/C20H27BrN4O4S/c1-29-11-7-23-20(26)16-5-8-24(9-6-16)18-12-17(21)2-3-19(18)30(27,28)25-10-4-15(13-22)14-25/h2-3,12,15-16H,4-11,14H2,1H3,(H,23,26). The summed E-state index contributed by atoms with van der Waals surface area (Å²) in [5, 5.41) is 12.0. The monoisotopic (exact) mass is 498 g/mol. The van der Waals surface area contributed by atoms with Crippen molar-refractivity contribution < 1.29 is 17.9 Å². The molecular weight excluding hydrogens is 472 g/mol. The van der Waals surface area contributed by atoms with Gasteiger partial charge in [0, 0.05) is 50.2 Å². The summed E-state index contributed by atoms with van der Waals surface area (Å²) in [5.74, 6) is -0.320. The SMILES string of the molecule is COCCNC(=O)C1CCN(c2cc(Br)ccc2S(=O)(=O)N2CCC(C#N)C2)CC1. The highest BCUT2D eigenvalue weighted by Crippen LogP contribution is 2.35. The van der Waals surface area contributed by atoms with Crippen LogP contribution < -0.4 is 10.2 Å². The molecule has 1 atom stereocenters. The minimum absolute atomic E-state index is 0.0217. The molecule has 2 heterocycles. The van der Waals surface area contributed by atoms with Crippen LogP contribution in [0, 0.1) is 23.2 Å². The van der Waals surface area contributed by atoms with E-state index in [0.717, 1.165) is 4.47 Å². The van der Waals surface area contributed by atoms with Gasteiger partial charge in [-0.2, -0.15) is 9.57 Å². The molecule has 0 saturated carbocycles. The Bertz CT molecular complexity index is 910. The van der Waals surface area contributed by atoms with E-state index in [-0.39, 0.29) is 29.2 Å². The van der Waals surface area contributed by atoms with E-state index >= 15 is 0 Å². The molecule has 2 fully saturated rings.